The maximum atomic E-state index is 11.2. The van der Waals surface area contributed by atoms with Crippen LogP contribution in [0.5, 0.6) is 0 Å². The van der Waals surface area contributed by atoms with Crippen molar-refractivity contribution >= 4 is 5.97 Å². The van der Waals surface area contributed by atoms with E-state index >= 15 is 0 Å². The van der Waals surface area contributed by atoms with Gasteiger partial charge in [-0.3, -0.25) is 4.79 Å². The molecule has 2 bridgehead atoms. The van der Waals surface area contributed by atoms with Gasteiger partial charge >= 0.3 is 5.97 Å². The van der Waals surface area contributed by atoms with Gasteiger partial charge in [0.15, 0.2) is 0 Å². The Labute approximate surface area is 98.4 Å². The molecule has 0 spiro atoms. The number of hydrogen-bond acceptors (Lipinski definition) is 1. The van der Waals surface area contributed by atoms with Crippen LogP contribution in [-0.4, -0.2) is 11.1 Å². The summed E-state index contributed by atoms with van der Waals surface area (Å²) in [5.41, 5.74) is -0.0827. The molecule has 92 valence electrons. The zero-order valence-electron chi connectivity index (χ0n) is 10.9. The molecule has 3 fully saturated rings. The second-order valence-corrected chi connectivity index (χ2v) is 7.09. The summed E-state index contributed by atoms with van der Waals surface area (Å²) in [6, 6.07) is 0. The van der Waals surface area contributed by atoms with E-state index in [1.165, 1.54) is 19.3 Å². The molecule has 2 nitrogen and oxygen atoms in total. The summed E-state index contributed by atoms with van der Waals surface area (Å²) in [5, 5.41) is 9.20. The Kier molecular flexibility index (Phi) is 2.60. The summed E-state index contributed by atoms with van der Waals surface area (Å²) in [7, 11) is 0. The number of aliphatic carboxylic acids is 1. The minimum atomic E-state index is -0.647. The third kappa shape index (κ3) is 1.66. The SMILES string of the molecule is CC(C)(CC1CCC2CC1C2(C)C)C(=O)O. The molecule has 3 aliphatic rings. The number of carboxylic acids is 1. The molecule has 3 rings (SSSR count). The van der Waals surface area contributed by atoms with Crippen molar-refractivity contribution in [1.82, 2.24) is 0 Å². The Balaban J connectivity index is 2.04. The van der Waals surface area contributed by atoms with Crippen LogP contribution in [0.4, 0.5) is 0 Å². The highest BCUT2D eigenvalue weighted by atomic mass is 16.4. The predicted molar refractivity (Wildman–Crippen MR) is 64.1 cm³/mol. The molecule has 0 radical (unpaired) electrons. The summed E-state index contributed by atoms with van der Waals surface area (Å²) in [6.45, 7) is 8.47. The standard InChI is InChI=1S/C14H24O2/c1-13(2,12(15)16)8-9-5-6-10-7-11(9)14(10,3)4/h9-11H,5-8H2,1-4H3,(H,15,16). The second-order valence-electron chi connectivity index (χ2n) is 7.09. The molecule has 3 unspecified atom stereocenters. The molecular weight excluding hydrogens is 200 g/mol. The predicted octanol–water partition coefficient (Wildman–Crippen LogP) is 3.56. The van der Waals surface area contributed by atoms with E-state index in [2.05, 4.69) is 13.8 Å². The Bertz CT molecular complexity index is 302. The quantitative estimate of drug-likeness (QED) is 0.796. The van der Waals surface area contributed by atoms with Crippen molar-refractivity contribution in [3.05, 3.63) is 0 Å². The highest BCUT2D eigenvalue weighted by Gasteiger charge is 2.55. The number of fused-ring (bicyclic) bond motifs is 2. The van der Waals surface area contributed by atoms with E-state index in [-0.39, 0.29) is 0 Å². The lowest BCUT2D eigenvalue weighted by Crippen LogP contribution is -2.53. The van der Waals surface area contributed by atoms with Gasteiger partial charge in [-0.2, -0.15) is 0 Å². The van der Waals surface area contributed by atoms with Gasteiger partial charge in [-0.05, 0) is 62.7 Å². The van der Waals surface area contributed by atoms with Crippen LogP contribution in [0.3, 0.4) is 0 Å². The zero-order valence-corrected chi connectivity index (χ0v) is 10.9. The van der Waals surface area contributed by atoms with Gasteiger partial charge in [0.25, 0.3) is 0 Å². The lowest BCUT2D eigenvalue weighted by Gasteiger charge is -2.61. The molecule has 0 heterocycles. The largest absolute Gasteiger partial charge is 0.481 e. The highest BCUT2D eigenvalue weighted by Crippen LogP contribution is 2.62. The second kappa shape index (κ2) is 3.48. The molecule has 2 heteroatoms. The summed E-state index contributed by atoms with van der Waals surface area (Å²) in [4.78, 5) is 11.2. The Morgan fingerprint density at radius 1 is 1.38 bits per heavy atom. The van der Waals surface area contributed by atoms with Crippen molar-refractivity contribution in [3.63, 3.8) is 0 Å². The topological polar surface area (TPSA) is 37.3 Å². The third-order valence-corrected chi connectivity index (χ3v) is 5.35. The average molecular weight is 224 g/mol. The van der Waals surface area contributed by atoms with Gasteiger partial charge in [0.05, 0.1) is 5.41 Å². The van der Waals surface area contributed by atoms with Crippen LogP contribution >= 0.6 is 0 Å². The van der Waals surface area contributed by atoms with Crippen molar-refractivity contribution in [2.24, 2.45) is 28.6 Å². The molecular formula is C14H24O2. The molecule has 3 aliphatic carbocycles. The Hall–Kier alpha value is -0.530. The summed E-state index contributed by atoms with van der Waals surface area (Å²) < 4.78 is 0. The minimum Gasteiger partial charge on any atom is -0.481 e. The van der Waals surface area contributed by atoms with E-state index in [9.17, 15) is 9.90 Å². The van der Waals surface area contributed by atoms with Crippen LogP contribution < -0.4 is 0 Å². The van der Waals surface area contributed by atoms with Crippen LogP contribution in [0.1, 0.15) is 53.4 Å². The van der Waals surface area contributed by atoms with Gasteiger partial charge in [0, 0.05) is 0 Å². The van der Waals surface area contributed by atoms with E-state index in [1.807, 2.05) is 13.8 Å². The molecule has 1 N–H and O–H groups in total. The first-order valence-electron chi connectivity index (χ1n) is 6.48. The minimum absolute atomic E-state index is 0.470. The van der Waals surface area contributed by atoms with Gasteiger partial charge in [-0.25, -0.2) is 0 Å². The van der Waals surface area contributed by atoms with E-state index < -0.39 is 11.4 Å². The molecule has 3 atom stereocenters. The highest BCUT2D eigenvalue weighted by molar-refractivity contribution is 5.73. The molecule has 16 heavy (non-hydrogen) atoms. The first-order valence-corrected chi connectivity index (χ1v) is 6.48. The number of rotatable bonds is 3. The van der Waals surface area contributed by atoms with Crippen LogP contribution in [-0.2, 0) is 4.79 Å². The molecule has 0 saturated heterocycles. The van der Waals surface area contributed by atoms with Gasteiger partial charge in [-0.1, -0.05) is 13.8 Å². The molecule has 0 amide bonds. The first-order chi connectivity index (χ1) is 7.25. The average Bonchev–Trinajstić information content (AvgIpc) is 2.16. The lowest BCUT2D eigenvalue weighted by molar-refractivity contribution is -0.153. The van der Waals surface area contributed by atoms with E-state index in [1.54, 1.807) is 0 Å². The third-order valence-electron chi connectivity index (χ3n) is 5.35. The van der Waals surface area contributed by atoms with Crippen molar-refractivity contribution in [2.75, 3.05) is 0 Å². The number of carboxylic acid groups (broad SMARTS) is 1. The van der Waals surface area contributed by atoms with Crippen molar-refractivity contribution < 1.29 is 9.90 Å². The maximum absolute atomic E-state index is 11.2. The van der Waals surface area contributed by atoms with E-state index in [4.69, 9.17) is 0 Å². The molecule has 0 aromatic heterocycles. The smallest absolute Gasteiger partial charge is 0.309 e. The maximum Gasteiger partial charge on any atom is 0.309 e. The normalized spacial score (nSPS) is 36.6. The van der Waals surface area contributed by atoms with Crippen LogP contribution in [0, 0.1) is 28.6 Å². The van der Waals surface area contributed by atoms with Crippen molar-refractivity contribution in [2.45, 2.75) is 53.4 Å². The fourth-order valence-electron chi connectivity index (χ4n) is 3.95. The van der Waals surface area contributed by atoms with Crippen LogP contribution in [0.25, 0.3) is 0 Å². The van der Waals surface area contributed by atoms with Gasteiger partial charge in [0.2, 0.25) is 0 Å². The molecule has 0 aliphatic heterocycles. The lowest BCUT2D eigenvalue weighted by atomic mass is 9.44. The van der Waals surface area contributed by atoms with E-state index in [0.29, 0.717) is 11.3 Å². The van der Waals surface area contributed by atoms with Crippen LogP contribution in [0.15, 0.2) is 0 Å². The molecule has 3 saturated carbocycles. The summed E-state index contributed by atoms with van der Waals surface area (Å²) in [6.07, 6.45) is 4.75. The number of carbonyl (C=O) groups is 1. The Morgan fingerprint density at radius 2 is 2.00 bits per heavy atom. The molecule has 0 aromatic carbocycles. The van der Waals surface area contributed by atoms with Crippen molar-refractivity contribution in [3.8, 4) is 0 Å². The fraction of sp³-hybridized carbons (Fsp3) is 0.929. The van der Waals surface area contributed by atoms with Crippen LogP contribution in [0.2, 0.25) is 0 Å². The first kappa shape index (κ1) is 11.9. The zero-order chi connectivity index (χ0) is 12.1. The van der Waals surface area contributed by atoms with Gasteiger partial charge in [-0.15, -0.1) is 0 Å². The Morgan fingerprint density at radius 3 is 2.44 bits per heavy atom. The summed E-state index contributed by atoms with van der Waals surface area (Å²) in [5.74, 6) is 1.66. The van der Waals surface area contributed by atoms with Gasteiger partial charge < -0.3 is 5.11 Å². The number of hydrogen-bond donors (Lipinski definition) is 1. The monoisotopic (exact) mass is 224 g/mol. The van der Waals surface area contributed by atoms with E-state index in [0.717, 1.165) is 18.3 Å². The fourth-order valence-corrected chi connectivity index (χ4v) is 3.95. The van der Waals surface area contributed by atoms with Gasteiger partial charge in [0.1, 0.15) is 0 Å². The summed E-state index contributed by atoms with van der Waals surface area (Å²) >= 11 is 0. The van der Waals surface area contributed by atoms with Crippen molar-refractivity contribution in [1.29, 1.82) is 0 Å². The molecule has 0 aromatic rings.